The monoisotopic (exact) mass is 266 g/mol. The molecule has 0 radical (unpaired) electrons. The lowest BCUT2D eigenvalue weighted by Gasteiger charge is -2.30. The highest BCUT2D eigenvalue weighted by atomic mass is 32.1. The number of nitrogens with two attached hydrogens (primary N) is 1. The number of amidine groups is 1. The number of piperidine rings is 1. The predicted molar refractivity (Wildman–Crippen MR) is 77.7 cm³/mol. The molecule has 1 aliphatic heterocycles. The number of rotatable bonds is 4. The first-order valence-electron chi connectivity index (χ1n) is 6.70. The van der Waals surface area contributed by atoms with Crippen molar-refractivity contribution in [2.24, 2.45) is 11.7 Å². The van der Waals surface area contributed by atoms with E-state index in [1.54, 1.807) is 11.3 Å². The van der Waals surface area contributed by atoms with Crippen LogP contribution in [0, 0.1) is 11.3 Å². The Morgan fingerprint density at radius 2 is 2.39 bits per heavy atom. The molecule has 1 atom stereocenters. The summed E-state index contributed by atoms with van der Waals surface area (Å²) in [6, 6.07) is 0. The Labute approximate surface area is 113 Å². The number of hydrogen-bond donors (Lipinski definition) is 2. The molecule has 1 fully saturated rings. The van der Waals surface area contributed by atoms with Gasteiger partial charge in [-0.05, 0) is 25.2 Å². The Morgan fingerprint density at radius 3 is 3.00 bits per heavy atom. The van der Waals surface area contributed by atoms with Gasteiger partial charge < -0.3 is 10.6 Å². The van der Waals surface area contributed by atoms with Crippen molar-refractivity contribution in [2.45, 2.75) is 39.5 Å². The number of nitrogen functional groups attached to an aromatic ring is 1. The second-order valence-corrected chi connectivity index (χ2v) is 6.11. The number of aromatic nitrogens is 1. The van der Waals surface area contributed by atoms with Gasteiger partial charge in [0.2, 0.25) is 0 Å². The van der Waals surface area contributed by atoms with Crippen LogP contribution in [-0.4, -0.2) is 23.9 Å². The first-order valence-corrected chi connectivity index (χ1v) is 7.52. The van der Waals surface area contributed by atoms with E-state index in [1.165, 1.54) is 12.8 Å². The molecule has 5 heteroatoms. The summed E-state index contributed by atoms with van der Waals surface area (Å²) in [5.74, 6) is 0.894. The van der Waals surface area contributed by atoms with Crippen LogP contribution in [-0.2, 0) is 6.42 Å². The van der Waals surface area contributed by atoms with E-state index in [1.807, 2.05) is 0 Å². The van der Waals surface area contributed by atoms with Gasteiger partial charge in [-0.2, -0.15) is 0 Å². The van der Waals surface area contributed by atoms with Crippen molar-refractivity contribution in [3.05, 3.63) is 10.6 Å². The molecule has 1 aromatic rings. The summed E-state index contributed by atoms with van der Waals surface area (Å²) >= 11 is 1.58. The van der Waals surface area contributed by atoms with E-state index < -0.39 is 0 Å². The lowest BCUT2D eigenvalue weighted by molar-refractivity contribution is 0.446. The van der Waals surface area contributed by atoms with Crippen LogP contribution >= 0.6 is 11.3 Å². The Morgan fingerprint density at radius 1 is 1.61 bits per heavy atom. The first kappa shape index (κ1) is 13.3. The van der Waals surface area contributed by atoms with Crippen molar-refractivity contribution in [1.29, 1.82) is 5.41 Å². The van der Waals surface area contributed by atoms with Crippen LogP contribution in [0.3, 0.4) is 0 Å². The standard InChI is InChI=1S/C13H22N4S/c1-3-5-10-11(12(14)15)18-13(16-10)17-7-4-6-9(2)8-17/h9H,3-8H2,1-2H3,(H3,14,15). The highest BCUT2D eigenvalue weighted by Crippen LogP contribution is 2.30. The quantitative estimate of drug-likeness (QED) is 0.650. The molecule has 1 aromatic heterocycles. The largest absolute Gasteiger partial charge is 0.383 e. The minimum Gasteiger partial charge on any atom is -0.383 e. The van der Waals surface area contributed by atoms with Gasteiger partial charge in [0, 0.05) is 13.1 Å². The average molecular weight is 266 g/mol. The number of anilines is 1. The van der Waals surface area contributed by atoms with E-state index in [2.05, 4.69) is 18.7 Å². The third-order valence-corrected chi connectivity index (χ3v) is 4.54. The molecule has 0 amide bonds. The fourth-order valence-electron chi connectivity index (χ4n) is 2.45. The van der Waals surface area contributed by atoms with Gasteiger partial charge in [0.1, 0.15) is 5.84 Å². The fraction of sp³-hybridized carbons (Fsp3) is 0.692. The zero-order chi connectivity index (χ0) is 13.1. The molecule has 0 saturated carbocycles. The van der Waals surface area contributed by atoms with E-state index in [4.69, 9.17) is 16.1 Å². The van der Waals surface area contributed by atoms with Crippen molar-refractivity contribution < 1.29 is 0 Å². The van der Waals surface area contributed by atoms with Gasteiger partial charge in [0.25, 0.3) is 0 Å². The van der Waals surface area contributed by atoms with E-state index in [-0.39, 0.29) is 5.84 Å². The molecule has 2 heterocycles. The van der Waals surface area contributed by atoms with Crippen LogP contribution in [0.4, 0.5) is 5.13 Å². The van der Waals surface area contributed by atoms with Crippen molar-refractivity contribution in [2.75, 3.05) is 18.0 Å². The molecule has 1 saturated heterocycles. The lowest BCUT2D eigenvalue weighted by atomic mass is 10.0. The molecule has 3 N–H and O–H groups in total. The Balaban J connectivity index is 2.22. The first-order chi connectivity index (χ1) is 8.61. The van der Waals surface area contributed by atoms with Crippen LogP contribution < -0.4 is 10.6 Å². The Hall–Kier alpha value is -1.10. The second kappa shape index (κ2) is 5.69. The number of nitrogens with one attached hydrogen (secondary N) is 1. The molecule has 1 aliphatic rings. The molecule has 100 valence electrons. The molecule has 0 bridgehead atoms. The van der Waals surface area contributed by atoms with Gasteiger partial charge in [0.05, 0.1) is 10.6 Å². The van der Waals surface area contributed by atoms with Gasteiger partial charge >= 0.3 is 0 Å². The topological polar surface area (TPSA) is 66.0 Å². The molecule has 4 nitrogen and oxygen atoms in total. The molecular formula is C13H22N4S. The third kappa shape index (κ3) is 2.83. The number of aryl methyl sites for hydroxylation is 1. The molecule has 2 rings (SSSR count). The Kier molecular flexibility index (Phi) is 4.22. The van der Waals surface area contributed by atoms with Gasteiger partial charge in [-0.15, -0.1) is 0 Å². The van der Waals surface area contributed by atoms with Crippen molar-refractivity contribution in [3.8, 4) is 0 Å². The summed E-state index contributed by atoms with van der Waals surface area (Å²) in [5, 5.41) is 8.70. The van der Waals surface area contributed by atoms with E-state index >= 15 is 0 Å². The number of nitrogens with zero attached hydrogens (tertiary/aromatic N) is 2. The molecular weight excluding hydrogens is 244 g/mol. The maximum absolute atomic E-state index is 7.65. The zero-order valence-electron chi connectivity index (χ0n) is 11.2. The summed E-state index contributed by atoms with van der Waals surface area (Å²) in [5.41, 5.74) is 6.65. The maximum atomic E-state index is 7.65. The summed E-state index contributed by atoms with van der Waals surface area (Å²) < 4.78 is 0. The number of thiazole rings is 1. The SMILES string of the molecule is CCCc1nc(N2CCCC(C)C2)sc1C(=N)N. The summed E-state index contributed by atoms with van der Waals surface area (Å²) in [7, 11) is 0. The van der Waals surface area contributed by atoms with E-state index in [9.17, 15) is 0 Å². The highest BCUT2D eigenvalue weighted by Gasteiger charge is 2.21. The lowest BCUT2D eigenvalue weighted by Crippen LogP contribution is -2.34. The van der Waals surface area contributed by atoms with Crippen LogP contribution in [0.5, 0.6) is 0 Å². The Bertz CT molecular complexity index is 427. The number of hydrogen-bond acceptors (Lipinski definition) is 4. The minimum absolute atomic E-state index is 0.159. The maximum Gasteiger partial charge on any atom is 0.186 e. The second-order valence-electron chi connectivity index (χ2n) is 5.13. The van der Waals surface area contributed by atoms with E-state index in [0.29, 0.717) is 0 Å². The van der Waals surface area contributed by atoms with Crippen molar-refractivity contribution in [3.63, 3.8) is 0 Å². The summed E-state index contributed by atoms with van der Waals surface area (Å²) in [6.45, 7) is 6.59. The van der Waals surface area contributed by atoms with Crippen LogP contribution in [0.15, 0.2) is 0 Å². The van der Waals surface area contributed by atoms with Gasteiger partial charge in [0.15, 0.2) is 5.13 Å². The van der Waals surface area contributed by atoms with Crippen LogP contribution in [0.1, 0.15) is 43.7 Å². The minimum atomic E-state index is 0.159. The van der Waals surface area contributed by atoms with Gasteiger partial charge in [-0.25, -0.2) is 4.98 Å². The molecule has 1 unspecified atom stereocenters. The third-order valence-electron chi connectivity index (χ3n) is 3.35. The molecule has 0 aromatic carbocycles. The molecule has 0 spiro atoms. The predicted octanol–water partition coefficient (Wildman–Crippen LogP) is 2.62. The smallest absolute Gasteiger partial charge is 0.186 e. The van der Waals surface area contributed by atoms with Crippen LogP contribution in [0.2, 0.25) is 0 Å². The van der Waals surface area contributed by atoms with E-state index in [0.717, 1.165) is 47.6 Å². The van der Waals surface area contributed by atoms with Crippen molar-refractivity contribution in [1.82, 2.24) is 4.98 Å². The van der Waals surface area contributed by atoms with Gasteiger partial charge in [-0.3, -0.25) is 5.41 Å². The van der Waals surface area contributed by atoms with Crippen LogP contribution in [0.25, 0.3) is 0 Å². The summed E-state index contributed by atoms with van der Waals surface area (Å²) in [6.07, 6.45) is 4.50. The normalized spacial score (nSPS) is 20.1. The molecule has 18 heavy (non-hydrogen) atoms. The van der Waals surface area contributed by atoms with Gasteiger partial charge in [-0.1, -0.05) is 31.6 Å². The summed E-state index contributed by atoms with van der Waals surface area (Å²) in [4.78, 5) is 7.92. The molecule has 0 aliphatic carbocycles. The average Bonchev–Trinajstić information content (AvgIpc) is 2.74. The highest BCUT2D eigenvalue weighted by molar-refractivity contribution is 7.17. The fourth-order valence-corrected chi connectivity index (χ4v) is 3.46. The van der Waals surface area contributed by atoms with Crippen molar-refractivity contribution >= 4 is 22.3 Å². The zero-order valence-corrected chi connectivity index (χ0v) is 12.0.